The number of carbonyl (C=O) groups is 2. The molecular formula is C10H17NO5S. The zero-order valence-electron chi connectivity index (χ0n) is 9.76. The highest BCUT2D eigenvalue weighted by Gasteiger charge is 2.33. The molecule has 17 heavy (non-hydrogen) atoms. The Kier molecular flexibility index (Phi) is 4.50. The standard InChI is InChI=1S/C10H17NO5S/c1-2-11(8-3-4-8)9(12)7-17(15,16)6-5-10(13)14/h8H,2-7H2,1H3,(H,13,14). The summed E-state index contributed by atoms with van der Waals surface area (Å²) in [7, 11) is -3.61. The highest BCUT2D eigenvalue weighted by molar-refractivity contribution is 7.92. The first kappa shape index (κ1) is 14.0. The number of sulfone groups is 1. The Hall–Kier alpha value is -1.11. The van der Waals surface area contributed by atoms with Crippen LogP contribution in [0.5, 0.6) is 0 Å². The summed E-state index contributed by atoms with van der Waals surface area (Å²) in [6.45, 7) is 2.30. The van der Waals surface area contributed by atoms with Gasteiger partial charge in [-0.25, -0.2) is 8.42 Å². The summed E-state index contributed by atoms with van der Waals surface area (Å²) in [5.41, 5.74) is 0. The van der Waals surface area contributed by atoms with Crippen molar-refractivity contribution in [3.8, 4) is 0 Å². The Morgan fingerprint density at radius 3 is 2.35 bits per heavy atom. The van der Waals surface area contributed by atoms with Gasteiger partial charge in [-0.2, -0.15) is 0 Å². The van der Waals surface area contributed by atoms with E-state index in [1.54, 1.807) is 11.8 Å². The number of carboxylic acid groups (broad SMARTS) is 1. The van der Waals surface area contributed by atoms with Crippen LogP contribution in [0.3, 0.4) is 0 Å². The van der Waals surface area contributed by atoms with Crippen molar-refractivity contribution in [1.29, 1.82) is 0 Å². The third-order valence-corrected chi connectivity index (χ3v) is 4.13. The van der Waals surface area contributed by atoms with Gasteiger partial charge in [0.2, 0.25) is 5.91 Å². The number of amides is 1. The molecule has 1 aliphatic rings. The van der Waals surface area contributed by atoms with Gasteiger partial charge in [-0.15, -0.1) is 0 Å². The van der Waals surface area contributed by atoms with Crippen LogP contribution in [0.2, 0.25) is 0 Å². The lowest BCUT2D eigenvalue weighted by Gasteiger charge is -2.20. The van der Waals surface area contributed by atoms with Crippen molar-refractivity contribution >= 4 is 21.7 Å². The first-order valence-electron chi connectivity index (χ1n) is 5.57. The Balaban J connectivity index is 2.51. The predicted octanol–water partition coefficient (Wildman–Crippen LogP) is -0.113. The number of carboxylic acids is 1. The Bertz CT molecular complexity index is 399. The average molecular weight is 263 g/mol. The minimum Gasteiger partial charge on any atom is -0.481 e. The molecule has 0 aliphatic heterocycles. The van der Waals surface area contributed by atoms with Gasteiger partial charge in [-0.05, 0) is 19.8 Å². The molecule has 0 aromatic carbocycles. The van der Waals surface area contributed by atoms with Gasteiger partial charge in [0.15, 0.2) is 9.84 Å². The fraction of sp³-hybridized carbons (Fsp3) is 0.800. The lowest BCUT2D eigenvalue weighted by molar-refractivity contribution is -0.136. The second-order valence-corrected chi connectivity index (χ2v) is 6.33. The Morgan fingerprint density at radius 1 is 1.35 bits per heavy atom. The van der Waals surface area contributed by atoms with E-state index < -0.39 is 39.6 Å². The van der Waals surface area contributed by atoms with Crippen LogP contribution in [0, 0.1) is 0 Å². The topological polar surface area (TPSA) is 91.8 Å². The SMILES string of the molecule is CCN(C(=O)CS(=O)(=O)CCC(=O)O)C1CC1. The first-order chi connectivity index (χ1) is 7.85. The number of rotatable bonds is 7. The highest BCUT2D eigenvalue weighted by atomic mass is 32.2. The molecule has 1 saturated carbocycles. The number of carbonyl (C=O) groups excluding carboxylic acids is 1. The normalized spacial score (nSPS) is 15.6. The van der Waals surface area contributed by atoms with Crippen LogP contribution in [-0.2, 0) is 19.4 Å². The summed E-state index contributed by atoms with van der Waals surface area (Å²) >= 11 is 0. The molecule has 0 aromatic heterocycles. The second-order valence-electron chi connectivity index (χ2n) is 4.15. The van der Waals surface area contributed by atoms with Crippen molar-refractivity contribution < 1.29 is 23.1 Å². The van der Waals surface area contributed by atoms with E-state index in [0.29, 0.717) is 6.54 Å². The third-order valence-electron chi connectivity index (χ3n) is 2.62. The summed E-state index contributed by atoms with van der Waals surface area (Å²) in [4.78, 5) is 23.5. The van der Waals surface area contributed by atoms with E-state index in [0.717, 1.165) is 12.8 Å². The van der Waals surface area contributed by atoms with Gasteiger partial charge < -0.3 is 10.0 Å². The molecule has 7 heteroatoms. The largest absolute Gasteiger partial charge is 0.481 e. The quantitative estimate of drug-likeness (QED) is 0.691. The number of aliphatic carboxylic acids is 1. The molecule has 1 N–H and O–H groups in total. The molecule has 0 spiro atoms. The zero-order chi connectivity index (χ0) is 13.1. The predicted molar refractivity (Wildman–Crippen MR) is 61.3 cm³/mol. The van der Waals surface area contributed by atoms with Crippen LogP contribution in [-0.4, -0.2) is 54.4 Å². The number of hydrogen-bond acceptors (Lipinski definition) is 4. The molecule has 1 amide bonds. The van der Waals surface area contributed by atoms with Gasteiger partial charge in [0.1, 0.15) is 5.75 Å². The van der Waals surface area contributed by atoms with Gasteiger partial charge in [-0.1, -0.05) is 0 Å². The molecule has 6 nitrogen and oxygen atoms in total. The van der Waals surface area contributed by atoms with Gasteiger partial charge >= 0.3 is 5.97 Å². The maximum absolute atomic E-state index is 11.7. The monoisotopic (exact) mass is 263 g/mol. The minimum absolute atomic E-state index is 0.183. The Morgan fingerprint density at radius 2 is 1.94 bits per heavy atom. The molecule has 0 heterocycles. The van der Waals surface area contributed by atoms with Crippen LogP contribution in [0.25, 0.3) is 0 Å². The van der Waals surface area contributed by atoms with Gasteiger partial charge in [-0.3, -0.25) is 9.59 Å². The smallest absolute Gasteiger partial charge is 0.304 e. The van der Waals surface area contributed by atoms with E-state index >= 15 is 0 Å². The van der Waals surface area contributed by atoms with Crippen molar-refractivity contribution in [3.63, 3.8) is 0 Å². The van der Waals surface area contributed by atoms with E-state index in [9.17, 15) is 18.0 Å². The fourth-order valence-electron chi connectivity index (χ4n) is 1.61. The van der Waals surface area contributed by atoms with E-state index in [1.165, 1.54) is 0 Å². The van der Waals surface area contributed by atoms with Crippen molar-refractivity contribution in [2.45, 2.75) is 32.2 Å². The molecule has 1 aliphatic carbocycles. The van der Waals surface area contributed by atoms with Gasteiger partial charge in [0, 0.05) is 12.6 Å². The lowest BCUT2D eigenvalue weighted by atomic mass is 10.4. The van der Waals surface area contributed by atoms with Crippen molar-refractivity contribution in [2.24, 2.45) is 0 Å². The van der Waals surface area contributed by atoms with Crippen molar-refractivity contribution in [3.05, 3.63) is 0 Å². The molecule has 0 aromatic rings. The van der Waals surface area contributed by atoms with E-state index in [-0.39, 0.29) is 6.04 Å². The van der Waals surface area contributed by atoms with Gasteiger partial charge in [0.05, 0.1) is 12.2 Å². The van der Waals surface area contributed by atoms with E-state index in [2.05, 4.69) is 0 Å². The molecule has 0 unspecified atom stereocenters. The van der Waals surface area contributed by atoms with E-state index in [4.69, 9.17) is 5.11 Å². The fourth-order valence-corrected chi connectivity index (χ4v) is 2.78. The maximum Gasteiger partial charge on any atom is 0.304 e. The first-order valence-corrected chi connectivity index (χ1v) is 7.39. The molecule has 0 bridgehead atoms. The van der Waals surface area contributed by atoms with Crippen LogP contribution in [0.1, 0.15) is 26.2 Å². The van der Waals surface area contributed by atoms with E-state index in [1.807, 2.05) is 0 Å². The number of hydrogen-bond donors (Lipinski definition) is 1. The maximum atomic E-state index is 11.7. The highest BCUT2D eigenvalue weighted by Crippen LogP contribution is 2.26. The van der Waals surface area contributed by atoms with Crippen LogP contribution in [0.4, 0.5) is 0 Å². The molecule has 0 radical (unpaired) electrons. The molecular weight excluding hydrogens is 246 g/mol. The molecule has 1 fully saturated rings. The summed E-state index contributed by atoms with van der Waals surface area (Å²) in [6, 6.07) is 0.183. The summed E-state index contributed by atoms with van der Waals surface area (Å²) in [6.07, 6.45) is 1.40. The molecule has 0 saturated heterocycles. The summed E-state index contributed by atoms with van der Waals surface area (Å²) in [5.74, 6) is -2.64. The molecule has 98 valence electrons. The average Bonchev–Trinajstić information content (AvgIpc) is 2.99. The minimum atomic E-state index is -3.61. The van der Waals surface area contributed by atoms with Gasteiger partial charge in [0.25, 0.3) is 0 Å². The number of nitrogens with zero attached hydrogens (tertiary/aromatic N) is 1. The van der Waals surface area contributed by atoms with Crippen molar-refractivity contribution in [2.75, 3.05) is 18.1 Å². The summed E-state index contributed by atoms with van der Waals surface area (Å²) in [5, 5.41) is 8.40. The zero-order valence-corrected chi connectivity index (χ0v) is 10.6. The second kappa shape index (κ2) is 5.48. The molecule has 0 atom stereocenters. The lowest BCUT2D eigenvalue weighted by Crippen LogP contribution is -2.37. The van der Waals surface area contributed by atoms with Crippen LogP contribution < -0.4 is 0 Å². The third kappa shape index (κ3) is 4.72. The van der Waals surface area contributed by atoms with Crippen LogP contribution in [0.15, 0.2) is 0 Å². The molecule has 1 rings (SSSR count). The summed E-state index contributed by atoms with van der Waals surface area (Å²) < 4.78 is 23.0. The van der Waals surface area contributed by atoms with Crippen molar-refractivity contribution in [1.82, 2.24) is 4.90 Å². The van der Waals surface area contributed by atoms with Crippen LogP contribution >= 0.6 is 0 Å². The Labute approximate surface area is 101 Å².